The highest BCUT2D eigenvalue weighted by molar-refractivity contribution is 8.01. The maximum absolute atomic E-state index is 14.5. The van der Waals surface area contributed by atoms with E-state index in [9.17, 15) is 41.5 Å². The van der Waals surface area contributed by atoms with E-state index in [2.05, 4.69) is 83.1 Å². The highest BCUT2D eigenvalue weighted by Crippen LogP contribution is 2.56. The van der Waals surface area contributed by atoms with Gasteiger partial charge in [-0.15, -0.1) is 0 Å². The molecule has 750 valence electrons. The molecule has 0 aliphatic rings. The van der Waals surface area contributed by atoms with Crippen LogP contribution in [-0.2, 0) is 32.0 Å². The number of benzene rings is 7. The Morgan fingerprint density at radius 1 is 0.271 bits per heavy atom. The third kappa shape index (κ3) is 51.4. The van der Waals surface area contributed by atoms with Crippen molar-refractivity contribution in [1.82, 2.24) is 0 Å². The molecule has 0 spiro atoms. The third-order valence-electron chi connectivity index (χ3n) is 26.6. The number of aryl methyl sites for hydroxylation is 6. The van der Waals surface area contributed by atoms with Crippen LogP contribution in [0.15, 0.2) is 176 Å². The molecule has 3 unspecified atom stereocenters. The molecule has 133 heavy (non-hydrogen) atoms. The summed E-state index contributed by atoms with van der Waals surface area (Å²) < 4.78 is 90.6. The summed E-state index contributed by atoms with van der Waals surface area (Å²) in [6, 6.07) is 54.4. The fraction of sp³-hybridized carbons (Fsp3) is 0.624. The quantitative estimate of drug-likeness (QED) is 0.0268. The van der Waals surface area contributed by atoms with Crippen molar-refractivity contribution < 1.29 is 41.5 Å². The zero-order valence-electron chi connectivity index (χ0n) is 88.7. The minimum absolute atomic E-state index is 0.277. The molecule has 0 saturated carbocycles. The van der Waals surface area contributed by atoms with E-state index in [1.165, 1.54) is 212 Å². The second-order valence-corrected chi connectivity index (χ2v) is 59.5. The van der Waals surface area contributed by atoms with Gasteiger partial charge in [-0.05, 0) is 169 Å². The Balaban J connectivity index is 0.000000801. The van der Waals surface area contributed by atoms with Crippen molar-refractivity contribution in [3.05, 3.63) is 220 Å². The van der Waals surface area contributed by atoms with Gasteiger partial charge in [0.25, 0.3) is 0 Å². The normalized spacial score (nSPS) is 12.6. The molecule has 0 radical (unpaired) electrons. The molecule has 0 amide bonds. The van der Waals surface area contributed by atoms with Gasteiger partial charge in [-0.3, -0.25) is 9.59 Å². The molecule has 0 aliphatic carbocycles. The number of hydrogen-bond donors (Lipinski definition) is 0. The lowest BCUT2D eigenvalue weighted by molar-refractivity contribution is 0.103. The van der Waals surface area contributed by atoms with Gasteiger partial charge in [-0.1, -0.05) is 464 Å². The summed E-state index contributed by atoms with van der Waals surface area (Å²) in [5.74, 6) is 2.06. The van der Waals surface area contributed by atoms with E-state index >= 15 is 0 Å². The highest BCUT2D eigenvalue weighted by Gasteiger charge is 2.45. The highest BCUT2D eigenvalue weighted by atomic mass is 31.2. The molecule has 0 bridgehead atoms. The standard InChI is InChI=1S/C26H27O3P.2C24H51OP.C13H13OP.C12H10OP.C12H27OP.C6H15OP/c1-16-12-18(3)23(19(4)13-16)25(27)30(29,22-10-8-7-9-11-22)26(28)24-20(5)14-17(2)15-21(24)6;1-7-13-16-22(10-4)19-26(25,20-23(11-5)17-14-8-2)21-24(12-6)18-15-9-3;1-4-7-10-13-16-19-22-26(25,23-20-17-14-11-8-5-2)24-21-18-15-12-9-6-3;1-15(14,12-8-4-2-5-9-12)13-10-6-3-7-11-13;13-14(11-7-3-1-4-8-11)12-9-5-2-6-10-12;1-4-7-10-14(13,11-8-5-2)12-9-6-3;1-4-8(7,5-2)6-3/h7-15H,1-6H3;22-24H,7-21H2,1-6H3;4-24H2,1-3H3;2-11H,1H3;1-10H;4-12H2,1-3H3;4-6H2,1-3H3/q;;;;+1;;. The van der Waals surface area contributed by atoms with Crippen molar-refractivity contribution in [2.24, 2.45) is 17.8 Å². The second kappa shape index (κ2) is 74.4. The summed E-state index contributed by atoms with van der Waals surface area (Å²) in [4.78, 5) is 27.7. The number of hydrogen-bond acceptors (Lipinski definition) is 9. The van der Waals surface area contributed by atoms with E-state index < -0.39 is 61.7 Å². The summed E-state index contributed by atoms with van der Waals surface area (Å²) in [7, 11) is -15.3. The molecule has 0 saturated heterocycles. The van der Waals surface area contributed by atoms with Crippen molar-refractivity contribution in [3.63, 3.8) is 0 Å². The van der Waals surface area contributed by atoms with Gasteiger partial charge in [0.05, 0.1) is 28.6 Å². The Bertz CT molecular complexity index is 4140. The van der Waals surface area contributed by atoms with Gasteiger partial charge >= 0.3 is 7.80 Å². The Kier molecular flexibility index (Phi) is 70.7. The molecule has 0 aliphatic heterocycles. The lowest BCUT2D eigenvalue weighted by Crippen LogP contribution is -2.23. The largest absolute Gasteiger partial charge is 0.415 e. The Morgan fingerprint density at radius 2 is 0.496 bits per heavy atom. The Labute approximate surface area is 819 Å². The number of unbranched alkanes of at least 4 members (excludes halogenated alkanes) is 21. The van der Waals surface area contributed by atoms with Crippen LogP contribution in [0.3, 0.4) is 0 Å². The van der Waals surface area contributed by atoms with Crippen molar-refractivity contribution in [2.75, 3.05) is 80.6 Å². The van der Waals surface area contributed by atoms with Crippen molar-refractivity contribution >= 4 is 88.2 Å². The molecule has 0 aromatic heterocycles. The molecule has 0 N–H and O–H groups in total. The molecular formula is C117H194O9P7+. The number of carbonyl (C=O) groups is 2. The minimum Gasteiger partial charge on any atom is -0.324 e. The van der Waals surface area contributed by atoms with Crippen LogP contribution in [-0.4, -0.2) is 91.7 Å². The number of carbonyl (C=O) groups excluding carboxylic acids is 2. The first-order valence-electron chi connectivity index (χ1n) is 53.1. The van der Waals surface area contributed by atoms with Crippen molar-refractivity contribution in [3.8, 4) is 0 Å². The minimum atomic E-state index is -4.11. The summed E-state index contributed by atoms with van der Waals surface area (Å²) >= 11 is 0. The van der Waals surface area contributed by atoms with Gasteiger partial charge in [0.1, 0.15) is 7.14 Å². The first-order valence-corrected chi connectivity index (χ1v) is 67.3. The maximum atomic E-state index is 14.5. The number of rotatable bonds is 60. The molecule has 0 heterocycles. The summed E-state index contributed by atoms with van der Waals surface area (Å²) in [5.41, 5.74) is 4.56. The van der Waals surface area contributed by atoms with Crippen LogP contribution < -0.4 is 26.5 Å². The van der Waals surface area contributed by atoms with Crippen molar-refractivity contribution in [1.29, 1.82) is 0 Å². The maximum Gasteiger partial charge on any atom is 0.415 e. The van der Waals surface area contributed by atoms with Gasteiger partial charge in [0.15, 0.2) is 10.6 Å². The molecule has 7 aromatic carbocycles. The molecular weight excluding hydrogens is 1770 g/mol. The lowest BCUT2D eigenvalue weighted by atomic mass is 10.0. The zero-order chi connectivity index (χ0) is 99.4. The molecule has 16 heteroatoms. The van der Waals surface area contributed by atoms with E-state index in [1.807, 2.05) is 215 Å². The Hall–Kier alpha value is -4.64. The lowest BCUT2D eigenvalue weighted by Gasteiger charge is -2.30. The van der Waals surface area contributed by atoms with Crippen molar-refractivity contribution in [2.45, 2.75) is 377 Å². The van der Waals surface area contributed by atoms with E-state index in [-0.39, 0.29) is 5.30 Å². The predicted molar refractivity (Wildman–Crippen MR) is 600 cm³/mol. The molecule has 7 rings (SSSR count). The first kappa shape index (κ1) is 126. The van der Waals surface area contributed by atoms with E-state index in [1.54, 1.807) is 30.3 Å². The van der Waals surface area contributed by atoms with Crippen LogP contribution in [0.5, 0.6) is 0 Å². The van der Waals surface area contributed by atoms with Crippen LogP contribution in [0.1, 0.15) is 389 Å². The summed E-state index contributed by atoms with van der Waals surface area (Å²) in [5, 5.41) is 3.87. The fourth-order valence-electron chi connectivity index (χ4n) is 17.8. The van der Waals surface area contributed by atoms with Gasteiger partial charge in [0, 0.05) is 82.5 Å². The molecule has 3 atom stereocenters. The van der Waals surface area contributed by atoms with Crippen LogP contribution in [0.25, 0.3) is 0 Å². The first-order chi connectivity index (χ1) is 63.7. The third-order valence-corrected chi connectivity index (χ3v) is 47.1. The molecule has 7 aromatic rings. The van der Waals surface area contributed by atoms with Crippen LogP contribution in [0, 0.1) is 59.3 Å². The summed E-state index contributed by atoms with van der Waals surface area (Å²) in [6.45, 7) is 46.2. The van der Waals surface area contributed by atoms with Gasteiger partial charge < -0.3 is 27.4 Å². The fourth-order valence-corrected chi connectivity index (χ4v) is 35.7. The van der Waals surface area contributed by atoms with Gasteiger partial charge in [0.2, 0.25) is 18.2 Å². The average Bonchev–Trinajstić information content (AvgIpc) is 0.744. The van der Waals surface area contributed by atoms with E-state index in [4.69, 9.17) is 0 Å². The van der Waals surface area contributed by atoms with Crippen LogP contribution in [0.2, 0.25) is 0 Å². The van der Waals surface area contributed by atoms with E-state index in [0.29, 0.717) is 28.9 Å². The van der Waals surface area contributed by atoms with Crippen LogP contribution in [0.4, 0.5) is 0 Å². The van der Waals surface area contributed by atoms with Crippen LogP contribution >= 0.6 is 50.7 Å². The molecule has 0 fully saturated rings. The topological polar surface area (TPSA) is 154 Å². The van der Waals surface area contributed by atoms with Gasteiger partial charge in [-0.2, -0.15) is 0 Å². The molecule has 9 nitrogen and oxygen atoms in total. The monoisotopic (exact) mass is 1960 g/mol. The Morgan fingerprint density at radius 3 is 0.729 bits per heavy atom. The van der Waals surface area contributed by atoms with E-state index in [0.717, 1.165) is 148 Å². The SMILES string of the molecule is CCCCC(CC)CP(=O)(CC(CC)CCCC)CC(CC)CCCC.CCCCCCCCP(=O)(CCCCCCCC)CCCCCCCC.CCCCP(=O)(CCCC)CCCC.CCP(=O)(CC)CC.CP(=O)(c1ccccc1)c1ccccc1.Cc1cc(C)c(C(=O)P(=O)(C(=O)c2c(C)cc(C)cc2C)c2ccccc2)c(C)c1.O=[P+](c1ccccc1)c1ccccc1. The average molecular weight is 1960 g/mol. The van der Waals surface area contributed by atoms with Gasteiger partial charge in [-0.25, -0.2) is 0 Å². The summed E-state index contributed by atoms with van der Waals surface area (Å²) in [6.07, 6.45) is 57.9. The second-order valence-electron chi connectivity index (χ2n) is 38.3. The smallest absolute Gasteiger partial charge is 0.324 e. The predicted octanol–water partition coefficient (Wildman–Crippen LogP) is 36.9. The zero-order valence-corrected chi connectivity index (χ0v) is 95.0.